The molecule has 1 N–H and O–H groups in total. The van der Waals surface area contributed by atoms with Crippen LogP contribution in [-0.2, 0) is 6.18 Å². The van der Waals surface area contributed by atoms with Crippen LogP contribution >= 0.6 is 11.9 Å². The Morgan fingerprint density at radius 1 is 1.18 bits per heavy atom. The molecule has 1 saturated carbocycles. The van der Waals surface area contributed by atoms with Gasteiger partial charge in [0.25, 0.3) is 5.91 Å². The summed E-state index contributed by atoms with van der Waals surface area (Å²) in [5.74, 6) is 0.280. The monoisotopic (exact) mass is 482 g/mol. The Bertz CT molecular complexity index is 993. The quantitative estimate of drug-likeness (QED) is 0.361. The molecule has 1 aliphatic heterocycles. The van der Waals surface area contributed by atoms with Crippen LogP contribution in [-0.4, -0.2) is 30.9 Å². The maximum atomic E-state index is 14.7. The van der Waals surface area contributed by atoms with Crippen molar-refractivity contribution in [3.8, 4) is 5.75 Å². The Balaban J connectivity index is 1.48. The topological polar surface area (TPSA) is 41.6 Å². The molecule has 2 fully saturated rings. The lowest BCUT2D eigenvalue weighted by atomic mass is 10.0. The SMILES string of the molecule is CCSNC(=O)c1cc(C2CC2)c(OCC2CCCN2c2ccc(C(F)(F)F)cc2)cc1F. The molecule has 2 aliphatic rings. The number of hydrogen-bond donors (Lipinski definition) is 1. The third kappa shape index (κ3) is 5.57. The van der Waals surface area contributed by atoms with Gasteiger partial charge in [0, 0.05) is 24.1 Å². The maximum Gasteiger partial charge on any atom is 0.416 e. The summed E-state index contributed by atoms with van der Waals surface area (Å²) in [5, 5.41) is 0. The van der Waals surface area contributed by atoms with E-state index in [-0.39, 0.29) is 24.1 Å². The number of alkyl halides is 3. The van der Waals surface area contributed by atoms with Gasteiger partial charge in [-0.2, -0.15) is 13.2 Å². The summed E-state index contributed by atoms with van der Waals surface area (Å²) < 4.78 is 62.0. The first-order valence-electron chi connectivity index (χ1n) is 11.1. The molecule has 0 bridgehead atoms. The predicted octanol–water partition coefficient (Wildman–Crippen LogP) is 6.17. The third-order valence-electron chi connectivity index (χ3n) is 6.01. The van der Waals surface area contributed by atoms with E-state index in [2.05, 4.69) is 4.72 Å². The van der Waals surface area contributed by atoms with Crippen LogP contribution in [0.3, 0.4) is 0 Å². The standard InChI is InChI=1S/C24H26F4N2O2S/c1-2-33-29-23(31)20-12-19(15-5-6-15)22(13-21(20)25)32-14-18-4-3-11-30(18)17-9-7-16(8-10-17)24(26,27)28/h7-10,12-13,15,18H,2-6,11,14H2,1H3,(H,29,31). The number of hydrogen-bond acceptors (Lipinski definition) is 4. The van der Waals surface area contributed by atoms with Gasteiger partial charge in [-0.3, -0.25) is 9.52 Å². The number of amides is 1. The first-order valence-corrected chi connectivity index (χ1v) is 12.1. The Labute approximate surface area is 194 Å². The van der Waals surface area contributed by atoms with Crippen molar-refractivity contribution in [2.24, 2.45) is 0 Å². The van der Waals surface area contributed by atoms with Crippen molar-refractivity contribution in [1.29, 1.82) is 0 Å². The first-order chi connectivity index (χ1) is 15.8. The van der Waals surface area contributed by atoms with Crippen LogP contribution in [0.15, 0.2) is 36.4 Å². The van der Waals surface area contributed by atoms with Gasteiger partial charge in [0.2, 0.25) is 0 Å². The zero-order chi connectivity index (χ0) is 23.6. The normalized spacial score (nSPS) is 18.5. The summed E-state index contributed by atoms with van der Waals surface area (Å²) in [7, 11) is 0. The van der Waals surface area contributed by atoms with E-state index in [0.717, 1.165) is 49.9 Å². The number of carbonyl (C=O) groups is 1. The minimum atomic E-state index is -4.37. The smallest absolute Gasteiger partial charge is 0.416 e. The molecule has 2 aromatic carbocycles. The van der Waals surface area contributed by atoms with Crippen LogP contribution in [0.1, 0.15) is 60.0 Å². The highest BCUT2D eigenvalue weighted by Crippen LogP contribution is 2.45. The highest BCUT2D eigenvalue weighted by molar-refractivity contribution is 7.97. The van der Waals surface area contributed by atoms with Gasteiger partial charge >= 0.3 is 6.18 Å². The van der Waals surface area contributed by atoms with E-state index in [1.807, 2.05) is 11.8 Å². The number of rotatable bonds is 8. The molecular weight excluding hydrogens is 456 g/mol. The van der Waals surface area contributed by atoms with E-state index in [0.29, 0.717) is 17.2 Å². The van der Waals surface area contributed by atoms with E-state index < -0.39 is 23.5 Å². The van der Waals surface area contributed by atoms with Crippen LogP contribution in [0.25, 0.3) is 0 Å². The van der Waals surface area contributed by atoms with Gasteiger partial charge in [-0.05, 0) is 67.5 Å². The van der Waals surface area contributed by atoms with E-state index >= 15 is 0 Å². The van der Waals surface area contributed by atoms with Crippen molar-refractivity contribution in [1.82, 2.24) is 4.72 Å². The molecule has 4 rings (SSSR count). The van der Waals surface area contributed by atoms with Crippen LogP contribution < -0.4 is 14.4 Å². The number of anilines is 1. The average Bonchev–Trinajstić information content (AvgIpc) is 3.52. The van der Waals surface area contributed by atoms with E-state index in [1.165, 1.54) is 30.1 Å². The second-order valence-electron chi connectivity index (χ2n) is 8.35. The zero-order valence-electron chi connectivity index (χ0n) is 18.3. The summed E-state index contributed by atoms with van der Waals surface area (Å²) in [6.45, 7) is 2.90. The molecule has 9 heteroatoms. The highest BCUT2D eigenvalue weighted by Gasteiger charge is 2.32. The van der Waals surface area contributed by atoms with Crippen molar-refractivity contribution in [2.45, 2.75) is 50.7 Å². The minimum Gasteiger partial charge on any atom is -0.491 e. The molecule has 1 saturated heterocycles. The molecule has 0 aromatic heterocycles. The molecular formula is C24H26F4N2O2S. The van der Waals surface area contributed by atoms with Gasteiger partial charge in [-0.25, -0.2) is 4.39 Å². The van der Waals surface area contributed by atoms with Gasteiger partial charge < -0.3 is 9.64 Å². The van der Waals surface area contributed by atoms with Gasteiger partial charge in [-0.15, -0.1) is 0 Å². The average molecular weight is 483 g/mol. The largest absolute Gasteiger partial charge is 0.491 e. The van der Waals surface area contributed by atoms with E-state index in [4.69, 9.17) is 4.74 Å². The summed E-state index contributed by atoms with van der Waals surface area (Å²) in [6, 6.07) is 8.00. The van der Waals surface area contributed by atoms with Crippen LogP contribution in [0, 0.1) is 5.82 Å². The van der Waals surface area contributed by atoms with E-state index in [9.17, 15) is 22.4 Å². The van der Waals surface area contributed by atoms with Crippen molar-refractivity contribution >= 4 is 23.5 Å². The van der Waals surface area contributed by atoms with Gasteiger partial charge in [0.1, 0.15) is 18.2 Å². The second kappa shape index (κ2) is 9.83. The van der Waals surface area contributed by atoms with Crippen molar-refractivity contribution in [2.75, 3.05) is 23.8 Å². The number of nitrogens with one attached hydrogen (secondary N) is 1. The third-order valence-corrected chi connectivity index (χ3v) is 6.62. The Morgan fingerprint density at radius 2 is 1.91 bits per heavy atom. The summed E-state index contributed by atoms with van der Waals surface area (Å²) in [4.78, 5) is 14.3. The second-order valence-corrected chi connectivity index (χ2v) is 9.42. The molecule has 4 nitrogen and oxygen atoms in total. The molecule has 1 atom stereocenters. The number of ether oxygens (including phenoxy) is 1. The molecule has 2 aromatic rings. The Morgan fingerprint density at radius 3 is 2.55 bits per heavy atom. The number of halogens is 4. The fourth-order valence-electron chi connectivity index (χ4n) is 4.15. The van der Waals surface area contributed by atoms with Gasteiger partial charge in [-0.1, -0.05) is 18.9 Å². The van der Waals surface area contributed by atoms with Gasteiger partial charge in [0.15, 0.2) is 0 Å². The van der Waals surface area contributed by atoms with Crippen LogP contribution in [0.4, 0.5) is 23.2 Å². The number of benzene rings is 2. The Kier molecular flexibility index (Phi) is 7.07. The van der Waals surface area contributed by atoms with Crippen LogP contribution in [0.2, 0.25) is 0 Å². The molecule has 1 aliphatic carbocycles. The molecule has 1 amide bonds. The molecule has 33 heavy (non-hydrogen) atoms. The summed E-state index contributed by atoms with van der Waals surface area (Å²) in [5.41, 5.74) is 0.881. The summed E-state index contributed by atoms with van der Waals surface area (Å²) >= 11 is 1.22. The van der Waals surface area contributed by atoms with Crippen molar-refractivity contribution in [3.63, 3.8) is 0 Å². The number of carbonyl (C=O) groups excluding carboxylic acids is 1. The lowest BCUT2D eigenvalue weighted by Gasteiger charge is -2.27. The molecule has 1 heterocycles. The lowest BCUT2D eigenvalue weighted by Crippen LogP contribution is -2.34. The van der Waals surface area contributed by atoms with Crippen molar-refractivity contribution < 1.29 is 27.1 Å². The highest BCUT2D eigenvalue weighted by atomic mass is 32.2. The Hall–Kier alpha value is -2.42. The predicted molar refractivity (Wildman–Crippen MR) is 121 cm³/mol. The van der Waals surface area contributed by atoms with Gasteiger partial charge in [0.05, 0.1) is 17.2 Å². The zero-order valence-corrected chi connectivity index (χ0v) is 19.1. The molecule has 1 unspecified atom stereocenters. The minimum absolute atomic E-state index is 0.0115. The number of nitrogens with zero attached hydrogens (tertiary/aromatic N) is 1. The molecule has 178 valence electrons. The molecule has 0 spiro atoms. The van der Waals surface area contributed by atoms with Crippen molar-refractivity contribution in [3.05, 3.63) is 58.9 Å². The van der Waals surface area contributed by atoms with E-state index in [1.54, 1.807) is 6.07 Å². The van der Waals surface area contributed by atoms with Crippen LogP contribution in [0.5, 0.6) is 5.75 Å². The fraction of sp³-hybridized carbons (Fsp3) is 0.458. The first kappa shape index (κ1) is 23.7. The summed E-state index contributed by atoms with van der Waals surface area (Å²) in [6.07, 6.45) is -0.709. The maximum absolute atomic E-state index is 14.7. The molecule has 0 radical (unpaired) electrons. The lowest BCUT2D eigenvalue weighted by molar-refractivity contribution is -0.137. The fourth-order valence-corrected chi connectivity index (χ4v) is 4.54.